The second kappa shape index (κ2) is 8.01. The fourth-order valence-corrected chi connectivity index (χ4v) is 2.84. The quantitative estimate of drug-likeness (QED) is 0.794. The molecule has 0 bridgehead atoms. The van der Waals surface area contributed by atoms with Gasteiger partial charge in [0, 0.05) is 22.7 Å². The van der Waals surface area contributed by atoms with Crippen molar-refractivity contribution in [1.82, 2.24) is 0 Å². The molecule has 0 aliphatic carbocycles. The molecule has 0 saturated carbocycles. The van der Waals surface area contributed by atoms with E-state index in [0.29, 0.717) is 17.2 Å². The van der Waals surface area contributed by atoms with Gasteiger partial charge in [-0.05, 0) is 31.2 Å². The normalized spacial score (nSPS) is 11.7. The van der Waals surface area contributed by atoms with E-state index < -0.39 is 16.9 Å². The molecule has 2 aromatic carbocycles. The van der Waals surface area contributed by atoms with Crippen LogP contribution in [0.2, 0.25) is 0 Å². The van der Waals surface area contributed by atoms with Gasteiger partial charge < -0.3 is 14.8 Å². The van der Waals surface area contributed by atoms with Crippen LogP contribution >= 0.6 is 11.8 Å². The fourth-order valence-electron chi connectivity index (χ4n) is 1.97. The largest absolute Gasteiger partial charge is 0.493 e. The molecule has 0 aromatic heterocycles. The average molecular weight is 353 g/mol. The first-order chi connectivity index (χ1) is 11.4. The summed E-state index contributed by atoms with van der Waals surface area (Å²) in [6, 6.07) is 8.24. The van der Waals surface area contributed by atoms with Gasteiger partial charge in [0.05, 0.1) is 19.5 Å². The maximum absolute atomic E-state index is 13.7. The second-order valence-electron chi connectivity index (χ2n) is 4.89. The Morgan fingerprint density at radius 3 is 2.42 bits per heavy atom. The fraction of sp³-hybridized carbons (Fsp3) is 0.235. The molecule has 128 valence electrons. The van der Waals surface area contributed by atoms with Crippen LogP contribution < -0.4 is 14.8 Å². The predicted molar refractivity (Wildman–Crippen MR) is 89.9 cm³/mol. The molecular weight excluding hydrogens is 336 g/mol. The number of amides is 1. The van der Waals surface area contributed by atoms with Gasteiger partial charge in [0.1, 0.15) is 11.6 Å². The van der Waals surface area contributed by atoms with Crippen molar-refractivity contribution in [2.45, 2.75) is 17.1 Å². The van der Waals surface area contributed by atoms with Gasteiger partial charge in [-0.2, -0.15) is 0 Å². The Kier molecular flexibility index (Phi) is 6.03. The summed E-state index contributed by atoms with van der Waals surface area (Å²) in [6.45, 7) is 1.64. The number of ether oxygens (including phenoxy) is 2. The zero-order valence-electron chi connectivity index (χ0n) is 13.4. The zero-order chi connectivity index (χ0) is 17.7. The van der Waals surface area contributed by atoms with Crippen molar-refractivity contribution in [3.05, 3.63) is 48.0 Å². The molecule has 0 saturated heterocycles. The Balaban J connectivity index is 2.06. The number of hydrogen-bond donors (Lipinski definition) is 1. The smallest absolute Gasteiger partial charge is 0.237 e. The van der Waals surface area contributed by atoms with Crippen LogP contribution in [0.15, 0.2) is 41.3 Å². The van der Waals surface area contributed by atoms with E-state index in [1.54, 1.807) is 25.1 Å². The molecule has 7 heteroatoms. The maximum atomic E-state index is 13.7. The minimum Gasteiger partial charge on any atom is -0.493 e. The molecule has 0 unspecified atom stereocenters. The Bertz CT molecular complexity index is 740. The first-order valence-corrected chi connectivity index (χ1v) is 7.97. The highest BCUT2D eigenvalue weighted by molar-refractivity contribution is 8.00. The number of carbonyl (C=O) groups excluding carboxylic acids is 1. The highest BCUT2D eigenvalue weighted by atomic mass is 32.2. The van der Waals surface area contributed by atoms with Crippen molar-refractivity contribution in [2.75, 3.05) is 19.5 Å². The number of methoxy groups -OCH3 is 2. The lowest BCUT2D eigenvalue weighted by Gasteiger charge is -2.14. The first-order valence-electron chi connectivity index (χ1n) is 7.09. The molecule has 0 radical (unpaired) electrons. The molecule has 0 aliphatic heterocycles. The van der Waals surface area contributed by atoms with Gasteiger partial charge in [-0.15, -0.1) is 11.8 Å². The van der Waals surface area contributed by atoms with E-state index in [9.17, 15) is 13.6 Å². The third-order valence-electron chi connectivity index (χ3n) is 3.22. The first kappa shape index (κ1) is 18.1. The predicted octanol–water partition coefficient (Wildman–Crippen LogP) is 4.10. The van der Waals surface area contributed by atoms with E-state index in [1.807, 2.05) is 0 Å². The van der Waals surface area contributed by atoms with Crippen LogP contribution in [0.25, 0.3) is 0 Å². The highest BCUT2D eigenvalue weighted by Crippen LogP contribution is 2.31. The number of benzene rings is 2. The molecule has 1 amide bonds. The van der Waals surface area contributed by atoms with Crippen molar-refractivity contribution in [2.24, 2.45) is 0 Å². The van der Waals surface area contributed by atoms with Crippen molar-refractivity contribution >= 4 is 23.4 Å². The van der Waals surface area contributed by atoms with Crippen molar-refractivity contribution in [3.63, 3.8) is 0 Å². The Morgan fingerprint density at radius 1 is 1.08 bits per heavy atom. The van der Waals surface area contributed by atoms with Gasteiger partial charge in [0.15, 0.2) is 11.5 Å². The van der Waals surface area contributed by atoms with E-state index in [4.69, 9.17) is 9.47 Å². The number of carbonyl (C=O) groups is 1. The summed E-state index contributed by atoms with van der Waals surface area (Å²) in [5.74, 6) is -0.618. The molecule has 2 rings (SSSR count). The summed E-state index contributed by atoms with van der Waals surface area (Å²) in [5.41, 5.74) is 0.532. The van der Waals surface area contributed by atoms with Gasteiger partial charge >= 0.3 is 0 Å². The topological polar surface area (TPSA) is 47.6 Å². The third-order valence-corrected chi connectivity index (χ3v) is 4.37. The van der Waals surface area contributed by atoms with E-state index >= 15 is 0 Å². The number of hydrogen-bond acceptors (Lipinski definition) is 4. The number of halogens is 2. The van der Waals surface area contributed by atoms with Crippen LogP contribution in [0.3, 0.4) is 0 Å². The molecule has 1 atom stereocenters. The molecule has 0 fully saturated rings. The van der Waals surface area contributed by atoms with Crippen molar-refractivity contribution < 1.29 is 23.0 Å². The molecule has 0 heterocycles. The highest BCUT2D eigenvalue weighted by Gasteiger charge is 2.17. The lowest BCUT2D eigenvalue weighted by molar-refractivity contribution is -0.115. The van der Waals surface area contributed by atoms with Crippen LogP contribution in [0.1, 0.15) is 6.92 Å². The van der Waals surface area contributed by atoms with Crippen molar-refractivity contribution in [3.8, 4) is 11.5 Å². The molecule has 4 nitrogen and oxygen atoms in total. The summed E-state index contributed by atoms with van der Waals surface area (Å²) < 4.78 is 36.9. The Morgan fingerprint density at radius 2 is 1.79 bits per heavy atom. The van der Waals surface area contributed by atoms with Crippen LogP contribution in [-0.2, 0) is 4.79 Å². The van der Waals surface area contributed by atoms with Gasteiger partial charge in [-0.25, -0.2) is 8.78 Å². The van der Waals surface area contributed by atoms with Crippen LogP contribution in [-0.4, -0.2) is 25.4 Å². The van der Waals surface area contributed by atoms with E-state index in [-0.39, 0.29) is 10.8 Å². The van der Waals surface area contributed by atoms with Gasteiger partial charge in [0.2, 0.25) is 5.91 Å². The van der Waals surface area contributed by atoms with Crippen LogP contribution in [0.5, 0.6) is 11.5 Å². The maximum Gasteiger partial charge on any atom is 0.237 e. The van der Waals surface area contributed by atoms with Gasteiger partial charge in [-0.3, -0.25) is 4.79 Å². The second-order valence-corrected chi connectivity index (χ2v) is 6.28. The van der Waals surface area contributed by atoms with E-state index in [2.05, 4.69) is 5.32 Å². The molecule has 0 aliphatic rings. The monoisotopic (exact) mass is 353 g/mol. The summed E-state index contributed by atoms with van der Waals surface area (Å²) in [5, 5.41) is 2.16. The molecule has 0 spiro atoms. The van der Waals surface area contributed by atoms with Crippen LogP contribution in [0.4, 0.5) is 14.5 Å². The Labute approximate surface area is 143 Å². The minimum atomic E-state index is -0.689. The van der Waals surface area contributed by atoms with E-state index in [1.165, 1.54) is 20.3 Å². The van der Waals surface area contributed by atoms with Gasteiger partial charge in [0.25, 0.3) is 0 Å². The summed E-state index contributed by atoms with van der Waals surface area (Å²) in [7, 11) is 3.02. The van der Waals surface area contributed by atoms with Gasteiger partial charge in [-0.1, -0.05) is 0 Å². The zero-order valence-corrected chi connectivity index (χ0v) is 14.2. The molecule has 1 N–H and O–H groups in total. The minimum absolute atomic E-state index is 0.214. The van der Waals surface area contributed by atoms with E-state index in [0.717, 1.165) is 23.9 Å². The summed E-state index contributed by atoms with van der Waals surface area (Å²) >= 11 is 1.01. The average Bonchev–Trinajstić information content (AvgIpc) is 2.57. The standard InChI is InChI=1S/C17H17F2NO3S/c1-10(24-16-7-4-11(18)8-13(16)19)17(21)20-12-5-6-14(22-2)15(9-12)23-3/h4-10H,1-3H3,(H,20,21)/t10-/m1/s1. The number of thioether (sulfide) groups is 1. The Hall–Kier alpha value is -2.28. The van der Waals surface area contributed by atoms with Crippen LogP contribution in [0, 0.1) is 11.6 Å². The SMILES string of the molecule is COc1ccc(NC(=O)[C@@H](C)Sc2ccc(F)cc2F)cc1OC. The third kappa shape index (κ3) is 4.38. The lowest BCUT2D eigenvalue weighted by atomic mass is 10.2. The number of nitrogens with one attached hydrogen (secondary N) is 1. The molecule has 2 aromatic rings. The summed E-state index contributed by atoms with van der Waals surface area (Å²) in [6.07, 6.45) is 0. The number of anilines is 1. The molecule has 24 heavy (non-hydrogen) atoms. The van der Waals surface area contributed by atoms with Crippen molar-refractivity contribution in [1.29, 1.82) is 0 Å². The lowest BCUT2D eigenvalue weighted by Crippen LogP contribution is -2.22. The number of rotatable bonds is 6. The summed E-state index contributed by atoms with van der Waals surface area (Å²) in [4.78, 5) is 12.5. The molecular formula is C17H17F2NO3S.